The van der Waals surface area contributed by atoms with Crippen LogP contribution in [-0.4, -0.2) is 6.10 Å². The van der Waals surface area contributed by atoms with Gasteiger partial charge in [0.1, 0.15) is 5.75 Å². The van der Waals surface area contributed by atoms with Crippen LogP contribution in [0.5, 0.6) is 5.75 Å². The molecule has 0 radical (unpaired) electrons. The molecule has 2 aromatic rings. The van der Waals surface area contributed by atoms with Gasteiger partial charge in [0.15, 0.2) is 0 Å². The van der Waals surface area contributed by atoms with Crippen molar-refractivity contribution in [1.29, 1.82) is 0 Å². The summed E-state index contributed by atoms with van der Waals surface area (Å²) in [5.41, 5.74) is 7.34. The topological polar surface area (TPSA) is 35.2 Å². The van der Waals surface area contributed by atoms with Gasteiger partial charge in [-0.2, -0.15) is 0 Å². The first-order valence-electron chi connectivity index (χ1n) is 5.84. The Balaban J connectivity index is 2.32. The zero-order chi connectivity index (χ0) is 13.1. The van der Waals surface area contributed by atoms with E-state index in [-0.39, 0.29) is 12.1 Å². The fraction of sp³-hybridized carbons (Fsp3) is 0.286. The van der Waals surface area contributed by atoms with Gasteiger partial charge in [-0.15, -0.1) is 11.3 Å². The molecule has 1 aromatic carbocycles. The molecule has 0 saturated carbocycles. The molecule has 1 atom stereocenters. The molecule has 18 heavy (non-hydrogen) atoms. The quantitative estimate of drug-likeness (QED) is 0.907. The highest BCUT2D eigenvalue weighted by atomic mass is 79.9. The zero-order valence-electron chi connectivity index (χ0n) is 10.4. The van der Waals surface area contributed by atoms with Crippen LogP contribution in [0.4, 0.5) is 0 Å². The van der Waals surface area contributed by atoms with Crippen molar-refractivity contribution in [1.82, 2.24) is 0 Å². The Morgan fingerprint density at radius 1 is 1.17 bits per heavy atom. The van der Waals surface area contributed by atoms with Crippen LogP contribution in [0.3, 0.4) is 0 Å². The molecule has 0 aliphatic carbocycles. The molecule has 2 N–H and O–H groups in total. The molecule has 4 heteroatoms. The molecule has 2 nitrogen and oxygen atoms in total. The van der Waals surface area contributed by atoms with Crippen molar-refractivity contribution in [2.75, 3.05) is 0 Å². The lowest BCUT2D eigenvalue weighted by Gasteiger charge is -2.17. The number of para-hydroxylation sites is 1. The van der Waals surface area contributed by atoms with Gasteiger partial charge < -0.3 is 10.5 Å². The van der Waals surface area contributed by atoms with E-state index in [9.17, 15) is 0 Å². The van der Waals surface area contributed by atoms with Gasteiger partial charge in [0, 0.05) is 10.4 Å². The van der Waals surface area contributed by atoms with E-state index in [1.165, 1.54) is 0 Å². The number of benzene rings is 1. The van der Waals surface area contributed by atoms with Crippen LogP contribution in [0.15, 0.2) is 40.2 Å². The molecule has 0 aliphatic heterocycles. The molecule has 96 valence electrons. The second-order valence-corrected chi connectivity index (χ2v) is 6.82. The SMILES string of the molecule is CC(C)Oc1ccccc1C(N)c1ccc(Br)s1. The highest BCUT2D eigenvalue weighted by molar-refractivity contribution is 9.11. The smallest absolute Gasteiger partial charge is 0.124 e. The van der Waals surface area contributed by atoms with E-state index in [1.54, 1.807) is 11.3 Å². The number of halogens is 1. The van der Waals surface area contributed by atoms with Crippen LogP contribution < -0.4 is 10.5 Å². The standard InChI is InChI=1S/C14H16BrNOS/c1-9(2)17-11-6-4-3-5-10(11)14(16)12-7-8-13(15)18-12/h3-9,14H,16H2,1-2H3. The third kappa shape index (κ3) is 3.13. The Morgan fingerprint density at radius 3 is 2.50 bits per heavy atom. The number of hydrogen-bond donors (Lipinski definition) is 1. The maximum absolute atomic E-state index is 6.32. The first-order valence-corrected chi connectivity index (χ1v) is 7.45. The minimum absolute atomic E-state index is 0.142. The normalized spacial score (nSPS) is 12.7. The highest BCUT2D eigenvalue weighted by Gasteiger charge is 2.16. The van der Waals surface area contributed by atoms with Crippen molar-refractivity contribution >= 4 is 27.3 Å². The van der Waals surface area contributed by atoms with E-state index in [4.69, 9.17) is 10.5 Å². The molecule has 0 aliphatic rings. The Morgan fingerprint density at radius 2 is 1.89 bits per heavy atom. The molecule has 0 bridgehead atoms. The summed E-state index contributed by atoms with van der Waals surface area (Å²) in [6.45, 7) is 4.04. The summed E-state index contributed by atoms with van der Waals surface area (Å²) in [6, 6.07) is 11.9. The van der Waals surface area contributed by atoms with Crippen LogP contribution in [0.1, 0.15) is 30.3 Å². The molecule has 1 aromatic heterocycles. The molecular weight excluding hydrogens is 310 g/mol. The van der Waals surface area contributed by atoms with Crippen LogP contribution in [0, 0.1) is 0 Å². The minimum atomic E-state index is -0.142. The maximum Gasteiger partial charge on any atom is 0.124 e. The Labute approximate surface area is 120 Å². The number of thiophene rings is 1. The Bertz CT molecular complexity index is 524. The van der Waals surface area contributed by atoms with Gasteiger partial charge >= 0.3 is 0 Å². The van der Waals surface area contributed by atoms with Crippen LogP contribution >= 0.6 is 27.3 Å². The maximum atomic E-state index is 6.32. The highest BCUT2D eigenvalue weighted by Crippen LogP contribution is 2.33. The van der Waals surface area contributed by atoms with E-state index in [2.05, 4.69) is 15.9 Å². The van der Waals surface area contributed by atoms with Crippen LogP contribution in [0.2, 0.25) is 0 Å². The molecule has 2 rings (SSSR count). The van der Waals surface area contributed by atoms with Gasteiger partial charge in [-0.1, -0.05) is 18.2 Å². The summed E-state index contributed by atoms with van der Waals surface area (Å²) in [7, 11) is 0. The predicted octanol–water partition coefficient (Wildman–Crippen LogP) is 4.35. The second-order valence-electron chi connectivity index (χ2n) is 4.32. The van der Waals surface area contributed by atoms with E-state index < -0.39 is 0 Å². The van der Waals surface area contributed by atoms with Crippen molar-refractivity contribution in [3.63, 3.8) is 0 Å². The van der Waals surface area contributed by atoms with Crippen molar-refractivity contribution in [2.24, 2.45) is 5.73 Å². The lowest BCUT2D eigenvalue weighted by molar-refractivity contribution is 0.239. The monoisotopic (exact) mass is 325 g/mol. The third-order valence-electron chi connectivity index (χ3n) is 2.52. The number of nitrogens with two attached hydrogens (primary N) is 1. The van der Waals surface area contributed by atoms with Crippen LogP contribution in [0.25, 0.3) is 0 Å². The molecule has 0 fully saturated rings. The van der Waals surface area contributed by atoms with Crippen LogP contribution in [-0.2, 0) is 0 Å². The Kier molecular flexibility index (Phi) is 4.43. The molecular formula is C14H16BrNOS. The van der Waals surface area contributed by atoms with Crippen molar-refractivity contribution < 1.29 is 4.74 Å². The van der Waals surface area contributed by atoms with E-state index in [1.807, 2.05) is 50.2 Å². The summed E-state index contributed by atoms with van der Waals surface area (Å²) >= 11 is 5.12. The molecule has 0 amide bonds. The average Bonchev–Trinajstić information content (AvgIpc) is 2.75. The van der Waals surface area contributed by atoms with Gasteiger partial charge in [0.2, 0.25) is 0 Å². The number of rotatable bonds is 4. The van der Waals surface area contributed by atoms with Gasteiger partial charge in [0.25, 0.3) is 0 Å². The van der Waals surface area contributed by atoms with E-state index in [0.717, 1.165) is 20.0 Å². The molecule has 0 saturated heterocycles. The molecule has 1 unspecified atom stereocenters. The fourth-order valence-corrected chi connectivity index (χ4v) is 3.19. The van der Waals surface area contributed by atoms with Crippen molar-refractivity contribution in [3.05, 3.63) is 50.6 Å². The van der Waals surface area contributed by atoms with Crippen molar-refractivity contribution in [3.8, 4) is 5.75 Å². The summed E-state index contributed by atoms with van der Waals surface area (Å²) in [5.74, 6) is 0.865. The first kappa shape index (κ1) is 13.6. The molecule has 1 heterocycles. The van der Waals surface area contributed by atoms with Gasteiger partial charge in [-0.05, 0) is 48.0 Å². The summed E-state index contributed by atoms with van der Waals surface area (Å²) in [4.78, 5) is 1.13. The van der Waals surface area contributed by atoms with Crippen molar-refractivity contribution in [2.45, 2.75) is 26.0 Å². The minimum Gasteiger partial charge on any atom is -0.491 e. The van der Waals surface area contributed by atoms with Gasteiger partial charge in [-0.25, -0.2) is 0 Å². The lowest BCUT2D eigenvalue weighted by atomic mass is 10.1. The zero-order valence-corrected chi connectivity index (χ0v) is 12.8. The van der Waals surface area contributed by atoms with E-state index >= 15 is 0 Å². The average molecular weight is 326 g/mol. The lowest BCUT2D eigenvalue weighted by Crippen LogP contribution is -2.14. The van der Waals surface area contributed by atoms with E-state index in [0.29, 0.717) is 0 Å². The summed E-state index contributed by atoms with van der Waals surface area (Å²) < 4.78 is 6.90. The summed E-state index contributed by atoms with van der Waals surface area (Å²) in [6.07, 6.45) is 0.147. The van der Waals surface area contributed by atoms with Gasteiger partial charge in [-0.3, -0.25) is 0 Å². The second kappa shape index (κ2) is 5.87. The predicted molar refractivity (Wildman–Crippen MR) is 80.3 cm³/mol. The largest absolute Gasteiger partial charge is 0.491 e. The number of hydrogen-bond acceptors (Lipinski definition) is 3. The first-order chi connectivity index (χ1) is 8.58. The Hall–Kier alpha value is -0.840. The molecule has 0 spiro atoms. The third-order valence-corrected chi connectivity index (χ3v) is 4.22. The van der Waals surface area contributed by atoms with Gasteiger partial charge in [0.05, 0.1) is 15.9 Å². The fourth-order valence-electron chi connectivity index (χ4n) is 1.75. The number of ether oxygens (including phenoxy) is 1. The summed E-state index contributed by atoms with van der Waals surface area (Å²) in [5, 5.41) is 0.